The normalized spacial score (nSPS) is 13.1. The third-order valence-corrected chi connectivity index (χ3v) is 14.0. The van der Waals surface area contributed by atoms with E-state index >= 15 is 0 Å². The molecule has 8 nitrogen and oxygen atoms in total. The van der Waals surface area contributed by atoms with E-state index in [0.29, 0.717) is 13.0 Å². The van der Waals surface area contributed by atoms with E-state index in [1.165, 1.54) is 257 Å². The highest BCUT2D eigenvalue weighted by Gasteiger charge is 2.25. The van der Waals surface area contributed by atoms with E-state index in [4.69, 9.17) is 24.3 Å². The van der Waals surface area contributed by atoms with Crippen molar-refractivity contribution in [1.29, 1.82) is 0 Å². The molecule has 0 bridgehead atoms. The van der Waals surface area contributed by atoms with Crippen molar-refractivity contribution >= 4 is 13.8 Å². The molecule has 0 fully saturated rings. The Morgan fingerprint density at radius 2 is 0.688 bits per heavy atom. The topological polar surface area (TPSA) is 117 Å². The Labute approximate surface area is 399 Å². The van der Waals surface area contributed by atoms with E-state index in [2.05, 4.69) is 13.8 Å². The highest BCUT2D eigenvalue weighted by molar-refractivity contribution is 7.47. The minimum absolute atomic E-state index is 0.0895. The van der Waals surface area contributed by atoms with Crippen LogP contribution < -0.4 is 5.73 Å². The number of hydrogen-bond acceptors (Lipinski definition) is 7. The van der Waals surface area contributed by atoms with Gasteiger partial charge in [0, 0.05) is 19.6 Å². The molecule has 0 aromatic rings. The molecule has 0 aliphatic carbocycles. The molecule has 0 aliphatic heterocycles. The molecule has 64 heavy (non-hydrogen) atoms. The summed E-state index contributed by atoms with van der Waals surface area (Å²) >= 11 is 0. The zero-order valence-electron chi connectivity index (χ0n) is 43.1. The second-order valence-corrected chi connectivity index (χ2v) is 21.0. The minimum atomic E-state index is -4.28. The summed E-state index contributed by atoms with van der Waals surface area (Å²) in [6.07, 6.45) is 60.2. The lowest BCUT2D eigenvalue weighted by Crippen LogP contribution is -2.28. The lowest BCUT2D eigenvalue weighted by atomic mass is 10.0. The van der Waals surface area contributed by atoms with Crippen LogP contribution in [0.4, 0.5) is 0 Å². The molecule has 0 aromatic heterocycles. The summed E-state index contributed by atoms with van der Waals surface area (Å²) in [4.78, 5) is 22.6. The fourth-order valence-corrected chi connectivity index (χ4v) is 9.59. The maximum atomic E-state index is 12.7. The molecule has 2 atom stereocenters. The minimum Gasteiger partial charge on any atom is -0.457 e. The van der Waals surface area contributed by atoms with Gasteiger partial charge in [-0.2, -0.15) is 0 Å². The number of carbonyl (C=O) groups excluding carboxylic acids is 1. The third-order valence-electron chi connectivity index (χ3n) is 13.0. The zero-order chi connectivity index (χ0) is 46.5. The van der Waals surface area contributed by atoms with Gasteiger partial charge in [-0.05, 0) is 12.8 Å². The van der Waals surface area contributed by atoms with Crippen LogP contribution in [-0.4, -0.2) is 49.9 Å². The Morgan fingerprint density at radius 1 is 0.406 bits per heavy atom. The maximum absolute atomic E-state index is 12.7. The average molecular weight is 930 g/mol. The van der Waals surface area contributed by atoms with Gasteiger partial charge in [-0.15, -0.1) is 0 Å². The molecule has 384 valence electrons. The summed E-state index contributed by atoms with van der Waals surface area (Å²) in [7, 11) is -4.28. The van der Waals surface area contributed by atoms with E-state index in [0.717, 1.165) is 32.1 Å². The third kappa shape index (κ3) is 52.5. The molecule has 0 saturated heterocycles. The SMILES string of the molecule is CCCCCCCCCCCCCCCCCCCCCCCCCCCCOCC(COP(=O)(O)OCCN)OC(=O)CCCCCCCCCCCCCCCCCCCCC. The van der Waals surface area contributed by atoms with Crippen LogP contribution in [0.15, 0.2) is 0 Å². The van der Waals surface area contributed by atoms with Crippen LogP contribution in [0.5, 0.6) is 0 Å². The maximum Gasteiger partial charge on any atom is 0.472 e. The van der Waals surface area contributed by atoms with Crippen LogP contribution in [0.25, 0.3) is 0 Å². The molecular weight excluding hydrogens is 818 g/mol. The number of rotatable bonds is 56. The van der Waals surface area contributed by atoms with Crippen LogP contribution in [0.3, 0.4) is 0 Å². The van der Waals surface area contributed by atoms with Gasteiger partial charge in [0.15, 0.2) is 0 Å². The number of unbranched alkanes of at least 4 members (excludes halogenated alkanes) is 43. The number of ether oxygens (including phenoxy) is 2. The molecule has 2 unspecified atom stereocenters. The first-order valence-corrected chi connectivity index (χ1v) is 30.0. The fourth-order valence-electron chi connectivity index (χ4n) is 8.83. The lowest BCUT2D eigenvalue weighted by Gasteiger charge is -2.20. The van der Waals surface area contributed by atoms with Gasteiger partial charge in [-0.3, -0.25) is 13.8 Å². The van der Waals surface area contributed by atoms with E-state index in [-0.39, 0.29) is 32.3 Å². The van der Waals surface area contributed by atoms with Crippen LogP contribution in [0.2, 0.25) is 0 Å². The number of phosphoric ester groups is 1. The molecule has 0 amide bonds. The summed E-state index contributed by atoms with van der Waals surface area (Å²) in [5.41, 5.74) is 5.40. The van der Waals surface area contributed by atoms with Gasteiger partial charge in [-0.1, -0.05) is 290 Å². The van der Waals surface area contributed by atoms with E-state index in [9.17, 15) is 14.3 Å². The van der Waals surface area contributed by atoms with Crippen LogP contribution in [-0.2, 0) is 27.9 Å². The standard InChI is InChI=1S/C55H112NO7P/c1-3-5-7-9-11-13-15-17-19-21-23-24-25-26-27-28-29-31-33-35-37-39-41-43-45-47-50-60-52-54(53-62-64(58,59)61-51-49-56)63-55(57)48-46-44-42-40-38-36-34-32-30-22-20-18-16-14-12-10-8-6-4-2/h54H,3-53,56H2,1-2H3,(H,58,59). The van der Waals surface area contributed by atoms with E-state index < -0.39 is 13.9 Å². The van der Waals surface area contributed by atoms with Gasteiger partial charge in [0.05, 0.1) is 19.8 Å². The molecule has 0 saturated carbocycles. The quantitative estimate of drug-likeness (QED) is 0.0352. The predicted molar refractivity (Wildman–Crippen MR) is 275 cm³/mol. The average Bonchev–Trinajstić information content (AvgIpc) is 3.29. The van der Waals surface area contributed by atoms with Gasteiger partial charge < -0.3 is 20.1 Å². The summed E-state index contributed by atoms with van der Waals surface area (Å²) in [5.74, 6) is -0.319. The van der Waals surface area contributed by atoms with Crippen molar-refractivity contribution in [2.45, 2.75) is 315 Å². The van der Waals surface area contributed by atoms with Crippen molar-refractivity contribution in [1.82, 2.24) is 0 Å². The molecular formula is C55H112NO7P. The summed E-state index contributed by atoms with van der Waals surface area (Å²) in [6.45, 7) is 5.02. The fraction of sp³-hybridized carbons (Fsp3) is 0.982. The molecule has 0 heterocycles. The number of esters is 1. The Bertz CT molecular complexity index is 955. The van der Waals surface area contributed by atoms with Gasteiger partial charge in [0.1, 0.15) is 6.10 Å². The summed E-state index contributed by atoms with van der Waals surface area (Å²) in [5, 5.41) is 0. The van der Waals surface area contributed by atoms with Crippen LogP contribution >= 0.6 is 7.82 Å². The predicted octanol–water partition coefficient (Wildman–Crippen LogP) is 18.0. The van der Waals surface area contributed by atoms with Gasteiger partial charge in [0.2, 0.25) is 0 Å². The highest BCUT2D eigenvalue weighted by atomic mass is 31.2. The molecule has 0 rings (SSSR count). The number of phosphoric acid groups is 1. The van der Waals surface area contributed by atoms with E-state index in [1.54, 1.807) is 0 Å². The molecule has 9 heteroatoms. The number of carbonyl (C=O) groups is 1. The van der Waals surface area contributed by atoms with Gasteiger partial charge in [-0.25, -0.2) is 4.57 Å². The second-order valence-electron chi connectivity index (χ2n) is 19.5. The summed E-state index contributed by atoms with van der Waals surface area (Å²) in [6, 6.07) is 0. The molecule has 0 radical (unpaired) electrons. The first-order valence-electron chi connectivity index (χ1n) is 28.5. The Balaban J connectivity index is 3.80. The van der Waals surface area contributed by atoms with Crippen molar-refractivity contribution in [2.75, 3.05) is 33.0 Å². The number of hydrogen-bond donors (Lipinski definition) is 2. The smallest absolute Gasteiger partial charge is 0.457 e. The van der Waals surface area contributed by atoms with Crippen molar-refractivity contribution in [3.05, 3.63) is 0 Å². The molecule has 0 spiro atoms. The largest absolute Gasteiger partial charge is 0.472 e. The van der Waals surface area contributed by atoms with Crippen LogP contribution in [0.1, 0.15) is 309 Å². The van der Waals surface area contributed by atoms with Crippen molar-refractivity contribution < 1.29 is 32.8 Å². The van der Waals surface area contributed by atoms with Crippen molar-refractivity contribution in [2.24, 2.45) is 5.73 Å². The van der Waals surface area contributed by atoms with Gasteiger partial charge >= 0.3 is 13.8 Å². The number of nitrogens with two attached hydrogens (primary N) is 1. The highest BCUT2D eigenvalue weighted by Crippen LogP contribution is 2.43. The van der Waals surface area contributed by atoms with Crippen LogP contribution in [0, 0.1) is 0 Å². The Kier molecular flexibility index (Phi) is 53.0. The first-order chi connectivity index (χ1) is 31.4. The Hall–Kier alpha value is -0.500. The monoisotopic (exact) mass is 930 g/mol. The van der Waals surface area contributed by atoms with E-state index in [1.807, 2.05) is 0 Å². The van der Waals surface area contributed by atoms with Gasteiger partial charge in [0.25, 0.3) is 0 Å². The second kappa shape index (κ2) is 53.5. The lowest BCUT2D eigenvalue weighted by molar-refractivity contribution is -0.154. The molecule has 0 aromatic carbocycles. The van der Waals surface area contributed by atoms with Crippen molar-refractivity contribution in [3.63, 3.8) is 0 Å². The molecule has 3 N–H and O–H groups in total. The first kappa shape index (κ1) is 63.5. The summed E-state index contributed by atoms with van der Waals surface area (Å²) < 4.78 is 33.7. The zero-order valence-corrected chi connectivity index (χ0v) is 44.0. The Morgan fingerprint density at radius 3 is 0.984 bits per heavy atom. The molecule has 0 aliphatic rings. The van der Waals surface area contributed by atoms with Crippen molar-refractivity contribution in [3.8, 4) is 0 Å².